The SMILES string of the molecule is Cc1ccc(-n2nccn2)c(C(=O)N2CCN(c3nc4ccccc4o3)CC(F)C2)c1. The molecule has 31 heavy (non-hydrogen) atoms. The maximum atomic E-state index is 14.9. The highest BCUT2D eigenvalue weighted by molar-refractivity contribution is 5.98. The first-order valence-corrected chi connectivity index (χ1v) is 10.1. The van der Waals surface area contributed by atoms with E-state index in [0.29, 0.717) is 35.9 Å². The molecule has 1 aliphatic heterocycles. The number of hydrogen-bond donors (Lipinski definition) is 0. The molecule has 1 fully saturated rings. The zero-order valence-corrected chi connectivity index (χ0v) is 17.0. The molecular formula is C22H21FN6O2. The summed E-state index contributed by atoms with van der Waals surface area (Å²) >= 11 is 0. The molecule has 1 unspecified atom stereocenters. The zero-order valence-electron chi connectivity index (χ0n) is 17.0. The van der Waals surface area contributed by atoms with Crippen LogP contribution in [0.15, 0.2) is 59.3 Å². The number of rotatable bonds is 3. The maximum absolute atomic E-state index is 14.9. The Labute approximate surface area is 177 Å². The molecule has 0 radical (unpaired) electrons. The lowest BCUT2D eigenvalue weighted by atomic mass is 10.1. The van der Waals surface area contributed by atoms with Crippen molar-refractivity contribution >= 4 is 23.0 Å². The maximum Gasteiger partial charge on any atom is 0.298 e. The number of halogens is 1. The van der Waals surface area contributed by atoms with Gasteiger partial charge in [-0.25, -0.2) is 4.39 Å². The minimum atomic E-state index is -1.24. The molecule has 158 valence electrons. The van der Waals surface area contributed by atoms with Crippen LogP contribution in [-0.2, 0) is 0 Å². The molecule has 1 aliphatic rings. The van der Waals surface area contributed by atoms with Crippen LogP contribution >= 0.6 is 0 Å². The Hall–Kier alpha value is -3.75. The van der Waals surface area contributed by atoms with Gasteiger partial charge in [0.2, 0.25) is 0 Å². The Morgan fingerprint density at radius 2 is 1.90 bits per heavy atom. The first-order valence-electron chi connectivity index (χ1n) is 10.1. The summed E-state index contributed by atoms with van der Waals surface area (Å²) in [7, 11) is 0. The van der Waals surface area contributed by atoms with Gasteiger partial charge in [-0.2, -0.15) is 20.0 Å². The summed E-state index contributed by atoms with van der Waals surface area (Å²) in [4.78, 5) is 22.5. The molecule has 3 heterocycles. The zero-order chi connectivity index (χ0) is 21.4. The Morgan fingerprint density at radius 3 is 2.71 bits per heavy atom. The summed E-state index contributed by atoms with van der Waals surface area (Å²) in [5.41, 5.74) is 3.32. The number of hydrogen-bond acceptors (Lipinski definition) is 6. The van der Waals surface area contributed by atoms with Crippen LogP contribution in [0.3, 0.4) is 0 Å². The van der Waals surface area contributed by atoms with Gasteiger partial charge in [-0.15, -0.1) is 0 Å². The number of oxazole rings is 1. The molecule has 0 aliphatic carbocycles. The van der Waals surface area contributed by atoms with Crippen LogP contribution in [0.2, 0.25) is 0 Å². The average molecular weight is 420 g/mol. The van der Waals surface area contributed by atoms with Crippen LogP contribution in [0.5, 0.6) is 0 Å². The van der Waals surface area contributed by atoms with Gasteiger partial charge in [0.1, 0.15) is 11.7 Å². The minimum Gasteiger partial charge on any atom is -0.423 e. The lowest BCUT2D eigenvalue weighted by Gasteiger charge is -2.22. The molecule has 5 rings (SSSR count). The Kier molecular flexibility index (Phi) is 4.85. The topological polar surface area (TPSA) is 80.3 Å². The van der Waals surface area contributed by atoms with Crippen molar-refractivity contribution in [2.75, 3.05) is 31.1 Å². The van der Waals surface area contributed by atoms with Gasteiger partial charge in [-0.1, -0.05) is 23.8 Å². The first-order chi connectivity index (χ1) is 15.1. The third kappa shape index (κ3) is 3.74. The van der Waals surface area contributed by atoms with Gasteiger partial charge in [0.25, 0.3) is 11.9 Å². The molecule has 0 bridgehead atoms. The number of carbonyl (C=O) groups excluding carboxylic acids is 1. The molecule has 1 amide bonds. The minimum absolute atomic E-state index is 0.00448. The Morgan fingerprint density at radius 1 is 1.10 bits per heavy atom. The second-order valence-electron chi connectivity index (χ2n) is 7.60. The highest BCUT2D eigenvalue weighted by Gasteiger charge is 2.29. The van der Waals surface area contributed by atoms with Crippen LogP contribution in [-0.4, -0.2) is 63.1 Å². The van der Waals surface area contributed by atoms with Crippen LogP contribution in [0.1, 0.15) is 15.9 Å². The van der Waals surface area contributed by atoms with Crippen molar-refractivity contribution in [1.82, 2.24) is 24.9 Å². The monoisotopic (exact) mass is 420 g/mol. The van der Waals surface area contributed by atoms with Gasteiger partial charge >= 0.3 is 0 Å². The van der Waals surface area contributed by atoms with E-state index in [2.05, 4.69) is 15.2 Å². The van der Waals surface area contributed by atoms with E-state index in [1.54, 1.807) is 29.4 Å². The van der Waals surface area contributed by atoms with E-state index in [4.69, 9.17) is 4.42 Å². The second-order valence-corrected chi connectivity index (χ2v) is 7.60. The summed E-state index contributed by atoms with van der Waals surface area (Å²) < 4.78 is 20.7. The largest absolute Gasteiger partial charge is 0.423 e. The van der Waals surface area contributed by atoms with E-state index in [0.717, 1.165) is 11.1 Å². The van der Waals surface area contributed by atoms with E-state index < -0.39 is 6.17 Å². The summed E-state index contributed by atoms with van der Waals surface area (Å²) in [6.07, 6.45) is 1.86. The molecule has 8 nitrogen and oxygen atoms in total. The van der Waals surface area contributed by atoms with E-state index in [-0.39, 0.29) is 19.0 Å². The lowest BCUT2D eigenvalue weighted by Crippen LogP contribution is -2.37. The molecule has 2 aromatic heterocycles. The molecule has 0 saturated carbocycles. The summed E-state index contributed by atoms with van der Waals surface area (Å²) in [6, 6.07) is 13.3. The number of fused-ring (bicyclic) bond motifs is 1. The fraction of sp³-hybridized carbons (Fsp3) is 0.273. The number of carbonyl (C=O) groups is 1. The lowest BCUT2D eigenvalue weighted by molar-refractivity contribution is 0.0733. The molecule has 2 aromatic carbocycles. The van der Waals surface area contributed by atoms with Crippen LogP contribution in [0.4, 0.5) is 10.4 Å². The molecule has 9 heteroatoms. The van der Waals surface area contributed by atoms with Crippen molar-refractivity contribution in [1.29, 1.82) is 0 Å². The fourth-order valence-electron chi connectivity index (χ4n) is 3.82. The smallest absolute Gasteiger partial charge is 0.298 e. The van der Waals surface area contributed by atoms with Gasteiger partial charge in [0, 0.05) is 13.1 Å². The third-order valence-electron chi connectivity index (χ3n) is 5.33. The summed E-state index contributed by atoms with van der Waals surface area (Å²) in [6.45, 7) is 2.78. The van der Waals surface area contributed by atoms with Crippen molar-refractivity contribution in [3.63, 3.8) is 0 Å². The van der Waals surface area contributed by atoms with E-state index in [9.17, 15) is 9.18 Å². The van der Waals surface area contributed by atoms with Crippen molar-refractivity contribution < 1.29 is 13.6 Å². The molecule has 0 N–H and O–H groups in total. The highest BCUT2D eigenvalue weighted by atomic mass is 19.1. The van der Waals surface area contributed by atoms with E-state index in [1.165, 1.54) is 9.70 Å². The predicted octanol–water partition coefficient (Wildman–Crippen LogP) is 3.02. The standard InChI is InChI=1S/C22H21FN6O2/c1-15-6-7-19(29-24-8-9-25-29)17(12-15)21(30)27-10-11-28(14-16(23)13-27)22-26-18-4-2-3-5-20(18)31-22/h2-9,12,16H,10-11,13-14H2,1H3. The Balaban J connectivity index is 1.41. The summed E-state index contributed by atoms with van der Waals surface area (Å²) in [5, 5.41) is 8.28. The van der Waals surface area contributed by atoms with Crippen LogP contribution in [0, 0.1) is 6.92 Å². The fourth-order valence-corrected chi connectivity index (χ4v) is 3.82. The summed E-state index contributed by atoms with van der Waals surface area (Å²) in [5.74, 6) is -0.252. The van der Waals surface area contributed by atoms with Gasteiger partial charge in [-0.3, -0.25) is 4.79 Å². The van der Waals surface area contributed by atoms with Gasteiger partial charge < -0.3 is 14.2 Å². The number of amides is 1. The van der Waals surface area contributed by atoms with Gasteiger partial charge in [-0.05, 0) is 31.2 Å². The van der Waals surface area contributed by atoms with Gasteiger partial charge in [0.15, 0.2) is 5.58 Å². The van der Waals surface area contributed by atoms with E-state index in [1.807, 2.05) is 37.3 Å². The van der Waals surface area contributed by atoms with Crippen molar-refractivity contribution in [2.45, 2.75) is 13.1 Å². The Bertz CT molecular complexity index is 1190. The average Bonchev–Trinajstić information content (AvgIpc) is 3.41. The normalized spacial score (nSPS) is 17.2. The molecule has 0 spiro atoms. The quantitative estimate of drug-likeness (QED) is 0.507. The number of anilines is 1. The predicted molar refractivity (Wildman–Crippen MR) is 113 cm³/mol. The molecular weight excluding hydrogens is 399 g/mol. The van der Waals surface area contributed by atoms with Crippen molar-refractivity contribution in [2.24, 2.45) is 0 Å². The van der Waals surface area contributed by atoms with Crippen molar-refractivity contribution in [3.8, 4) is 5.69 Å². The van der Waals surface area contributed by atoms with Crippen molar-refractivity contribution in [3.05, 3.63) is 66.0 Å². The number of alkyl halides is 1. The number of nitrogens with zero attached hydrogens (tertiary/aromatic N) is 6. The molecule has 1 atom stereocenters. The number of aromatic nitrogens is 4. The number of aryl methyl sites for hydroxylation is 1. The van der Waals surface area contributed by atoms with E-state index >= 15 is 0 Å². The van der Waals surface area contributed by atoms with Gasteiger partial charge in [0.05, 0.1) is 36.7 Å². The third-order valence-corrected chi connectivity index (χ3v) is 5.33. The first kappa shape index (κ1) is 19.2. The highest BCUT2D eigenvalue weighted by Crippen LogP contribution is 2.24. The number of para-hydroxylation sites is 2. The molecule has 1 saturated heterocycles. The number of benzene rings is 2. The molecule has 4 aromatic rings. The van der Waals surface area contributed by atoms with Crippen LogP contribution < -0.4 is 4.90 Å². The van der Waals surface area contributed by atoms with Crippen LogP contribution in [0.25, 0.3) is 16.8 Å². The second kappa shape index (κ2) is 7.82.